The Balaban J connectivity index is 0.00000142. The number of para-hydroxylation sites is 1. The first-order chi connectivity index (χ1) is 27.4. The van der Waals surface area contributed by atoms with Gasteiger partial charge in [-0.2, -0.15) is 5.10 Å². The van der Waals surface area contributed by atoms with Gasteiger partial charge in [0.1, 0.15) is 17.0 Å². The first-order valence-electron chi connectivity index (χ1n) is 17.9. The molecule has 0 aliphatic carbocycles. The fourth-order valence-corrected chi connectivity index (χ4v) is 6.35. The van der Waals surface area contributed by atoms with Crippen LogP contribution in [-0.2, 0) is 52.7 Å². The van der Waals surface area contributed by atoms with E-state index in [-0.39, 0.29) is 44.5 Å². The SMILES string of the molecule is C.C=CCc1cccc(/C=N/NC(=O)CN2CCN(Cc3cccc(Cn4cc(CNC(=O)Cc5c(C)c6ccc(N)cc6oc5=O)nn4)c3)CC2)c1O.O=S(=O)=O. The third-order valence-corrected chi connectivity index (χ3v) is 9.18. The number of piperazine rings is 1. The number of allylic oxidation sites excluding steroid dienone is 1. The molecule has 1 aliphatic rings. The Hall–Kier alpha value is -6.50. The van der Waals surface area contributed by atoms with Crippen molar-refractivity contribution in [1.82, 2.24) is 35.5 Å². The number of hydrogen-bond acceptors (Lipinski definition) is 14. The van der Waals surface area contributed by atoms with E-state index in [4.69, 9.17) is 22.8 Å². The lowest BCUT2D eigenvalue weighted by atomic mass is 10.0. The second-order valence-electron chi connectivity index (χ2n) is 13.3. The highest BCUT2D eigenvalue weighted by Crippen LogP contribution is 2.23. The molecule has 1 fully saturated rings. The van der Waals surface area contributed by atoms with Crippen LogP contribution in [0.1, 0.15) is 46.5 Å². The molecule has 2 amide bonds. The van der Waals surface area contributed by atoms with E-state index >= 15 is 0 Å². The van der Waals surface area contributed by atoms with Crippen LogP contribution in [-0.4, -0.2) is 93.3 Å². The molecule has 0 saturated carbocycles. The Labute approximate surface area is 336 Å². The van der Waals surface area contributed by atoms with Crippen molar-refractivity contribution >= 4 is 45.3 Å². The second-order valence-corrected chi connectivity index (χ2v) is 13.7. The van der Waals surface area contributed by atoms with Crippen LogP contribution in [0.2, 0.25) is 0 Å². The number of nitrogen functional groups attached to an aromatic ring is 1. The molecule has 0 radical (unpaired) electrons. The van der Waals surface area contributed by atoms with E-state index in [2.05, 4.69) is 54.7 Å². The highest BCUT2D eigenvalue weighted by Gasteiger charge is 2.20. The van der Waals surface area contributed by atoms with Gasteiger partial charge in [-0.05, 0) is 53.8 Å². The Morgan fingerprint density at radius 1 is 1.00 bits per heavy atom. The summed E-state index contributed by atoms with van der Waals surface area (Å²) in [5.74, 6) is -0.400. The van der Waals surface area contributed by atoms with E-state index in [1.807, 2.05) is 24.3 Å². The summed E-state index contributed by atoms with van der Waals surface area (Å²) in [5.41, 5.74) is 13.8. The molecule has 306 valence electrons. The summed E-state index contributed by atoms with van der Waals surface area (Å²) in [7, 11) is -3.11. The monoisotopic (exact) mass is 813 g/mol. The largest absolute Gasteiger partial charge is 0.507 e. The smallest absolute Gasteiger partial charge is 0.425 e. The summed E-state index contributed by atoms with van der Waals surface area (Å²) in [6.45, 7) is 10.4. The predicted octanol–water partition coefficient (Wildman–Crippen LogP) is 2.52. The van der Waals surface area contributed by atoms with Crippen molar-refractivity contribution < 1.29 is 31.7 Å². The van der Waals surface area contributed by atoms with Crippen molar-refractivity contribution in [3.8, 4) is 5.75 Å². The van der Waals surface area contributed by atoms with Crippen LogP contribution in [0, 0.1) is 6.92 Å². The van der Waals surface area contributed by atoms with E-state index in [0.717, 1.165) is 49.2 Å². The van der Waals surface area contributed by atoms with Crippen molar-refractivity contribution in [1.29, 1.82) is 0 Å². The van der Waals surface area contributed by atoms with Gasteiger partial charge in [0, 0.05) is 55.4 Å². The number of nitrogens with zero attached hydrogens (tertiary/aromatic N) is 6. The number of phenols is 1. The van der Waals surface area contributed by atoms with Crippen LogP contribution in [0.15, 0.2) is 93.8 Å². The minimum Gasteiger partial charge on any atom is -0.507 e. The molecule has 1 saturated heterocycles. The summed E-state index contributed by atoms with van der Waals surface area (Å²) in [6, 6.07) is 18.8. The van der Waals surface area contributed by atoms with Gasteiger partial charge in [-0.3, -0.25) is 19.4 Å². The number of anilines is 1. The predicted molar refractivity (Wildman–Crippen MR) is 219 cm³/mol. The lowest BCUT2D eigenvalue weighted by molar-refractivity contribution is -0.122. The number of nitrogens with one attached hydrogen (secondary N) is 2. The van der Waals surface area contributed by atoms with Crippen LogP contribution in [0.5, 0.6) is 5.75 Å². The zero-order chi connectivity index (χ0) is 40.9. The number of phenolic OH excluding ortho intramolecular Hbond substituents is 1. The average molecular weight is 814 g/mol. The van der Waals surface area contributed by atoms with Gasteiger partial charge in [0.05, 0.1) is 44.0 Å². The Morgan fingerprint density at radius 2 is 1.69 bits per heavy atom. The normalized spacial score (nSPS) is 13.0. The number of amides is 2. The summed E-state index contributed by atoms with van der Waals surface area (Å²) in [5, 5.41) is 26.4. The van der Waals surface area contributed by atoms with Gasteiger partial charge in [0.25, 0.3) is 5.91 Å². The van der Waals surface area contributed by atoms with Crippen molar-refractivity contribution in [2.75, 3.05) is 38.5 Å². The standard InChI is InChI=1S/C39H43N9O5.CH4.O3S/c1-3-6-29-9-5-10-30(38(29)51)20-42-44-37(50)25-47-15-13-46(14-16-47)22-27-7-4-8-28(17-27)23-48-24-32(43-45-48)21-41-36(49)19-34-26(2)33-12-11-31(40)18-35(33)53-39(34)52;;1-4(2)3/h3-5,7-12,17-18,20,24,51H,1,6,13-16,19,21-23,25,40H2,2H3,(H,41,49)(H,44,50);1H4;/b42-20+;;. The average Bonchev–Trinajstić information content (AvgIpc) is 3.61. The minimum atomic E-state index is -3.11. The number of carbonyl (C=O) groups is 2. The summed E-state index contributed by atoms with van der Waals surface area (Å²) in [4.78, 5) is 42.3. The van der Waals surface area contributed by atoms with Crippen LogP contribution >= 0.6 is 0 Å². The molecule has 18 heteroatoms. The molecule has 5 aromatic rings. The molecular weight excluding hydrogens is 767 g/mol. The molecule has 3 heterocycles. The fraction of sp³-hybridized carbons (Fsp3) is 0.300. The summed E-state index contributed by atoms with van der Waals surface area (Å²) in [6.07, 6.45) is 5.39. The first kappa shape index (κ1) is 44.2. The molecule has 17 nitrogen and oxygen atoms in total. The number of nitrogens with two attached hydrogens (primary N) is 1. The molecule has 58 heavy (non-hydrogen) atoms. The zero-order valence-corrected chi connectivity index (χ0v) is 32.1. The lowest BCUT2D eigenvalue weighted by Gasteiger charge is -2.34. The molecule has 0 bridgehead atoms. The summed E-state index contributed by atoms with van der Waals surface area (Å²) < 4.78 is 32.5. The van der Waals surface area contributed by atoms with E-state index in [1.165, 1.54) is 11.8 Å². The molecule has 1 aliphatic heterocycles. The number of aromatic hydroxyl groups is 1. The third-order valence-electron chi connectivity index (χ3n) is 9.18. The molecule has 0 spiro atoms. The van der Waals surface area contributed by atoms with Crippen LogP contribution < -0.4 is 22.1 Å². The van der Waals surface area contributed by atoms with Gasteiger partial charge in [0.15, 0.2) is 0 Å². The number of benzene rings is 3. The van der Waals surface area contributed by atoms with Gasteiger partial charge < -0.3 is 20.6 Å². The molecule has 6 rings (SSSR count). The van der Waals surface area contributed by atoms with Crippen molar-refractivity contribution in [2.24, 2.45) is 5.10 Å². The maximum Gasteiger partial charge on any atom is 0.425 e. The highest BCUT2D eigenvalue weighted by molar-refractivity contribution is 7.59. The third kappa shape index (κ3) is 12.8. The van der Waals surface area contributed by atoms with Crippen LogP contribution in [0.25, 0.3) is 11.0 Å². The number of rotatable bonds is 14. The van der Waals surface area contributed by atoms with Crippen LogP contribution in [0.4, 0.5) is 5.69 Å². The van der Waals surface area contributed by atoms with E-state index in [1.54, 1.807) is 48.1 Å². The highest BCUT2D eigenvalue weighted by atomic mass is 32.2. The van der Waals surface area contributed by atoms with E-state index in [0.29, 0.717) is 46.6 Å². The lowest BCUT2D eigenvalue weighted by Crippen LogP contribution is -2.48. The number of hydrogen-bond donors (Lipinski definition) is 4. The van der Waals surface area contributed by atoms with Gasteiger partial charge in [-0.1, -0.05) is 55.1 Å². The van der Waals surface area contributed by atoms with E-state index in [9.17, 15) is 19.5 Å². The number of aryl methyl sites for hydroxylation is 1. The quantitative estimate of drug-likeness (QED) is 0.0415. The second kappa shape index (κ2) is 21.1. The molecule has 3 aromatic carbocycles. The zero-order valence-electron chi connectivity index (χ0n) is 31.3. The van der Waals surface area contributed by atoms with Crippen molar-refractivity contribution in [3.05, 3.63) is 129 Å². The molecule has 5 N–H and O–H groups in total. The molecular formula is C40H47N9O8S. The molecule has 0 atom stereocenters. The maximum absolute atomic E-state index is 12.8. The Kier molecular flexibility index (Phi) is 16.1. The van der Waals surface area contributed by atoms with Gasteiger partial charge in [-0.25, -0.2) is 14.9 Å². The first-order valence-corrected chi connectivity index (χ1v) is 18.9. The molecule has 2 aromatic heterocycles. The number of fused-ring (bicyclic) bond motifs is 1. The Morgan fingerprint density at radius 3 is 2.41 bits per heavy atom. The van der Waals surface area contributed by atoms with E-state index < -0.39 is 16.2 Å². The number of aromatic nitrogens is 3. The van der Waals surface area contributed by atoms with Crippen LogP contribution in [0.3, 0.4) is 0 Å². The van der Waals surface area contributed by atoms with Gasteiger partial charge >= 0.3 is 16.2 Å². The topological polar surface area (TPSA) is 235 Å². The van der Waals surface area contributed by atoms with Gasteiger partial charge in [0.2, 0.25) is 5.91 Å². The number of carbonyl (C=O) groups excluding carboxylic acids is 2. The molecule has 0 unspecified atom stereocenters. The minimum absolute atomic E-state index is 0. The summed E-state index contributed by atoms with van der Waals surface area (Å²) >= 11 is 0. The van der Waals surface area contributed by atoms with Gasteiger partial charge in [-0.15, -0.1) is 24.3 Å². The van der Waals surface area contributed by atoms with Crippen molar-refractivity contribution in [3.63, 3.8) is 0 Å². The Bertz CT molecular complexity index is 2430. The number of hydrazone groups is 1. The maximum atomic E-state index is 12.8. The van der Waals surface area contributed by atoms with Crippen molar-refractivity contribution in [2.45, 2.75) is 46.8 Å². The fourth-order valence-electron chi connectivity index (χ4n) is 6.35.